The number of benzene rings is 1. The summed E-state index contributed by atoms with van der Waals surface area (Å²) < 4.78 is 13.0. The highest BCUT2D eigenvalue weighted by molar-refractivity contribution is 6.88. The van der Waals surface area contributed by atoms with E-state index >= 15 is 0 Å². The average molecular weight is 395 g/mol. The molecule has 0 atom stereocenters. The Labute approximate surface area is 165 Å². The van der Waals surface area contributed by atoms with Crippen LogP contribution in [0.1, 0.15) is 67.2 Å². The molecule has 150 valence electrons. The van der Waals surface area contributed by atoms with Crippen LogP contribution in [0.3, 0.4) is 0 Å². The van der Waals surface area contributed by atoms with Gasteiger partial charge in [-0.3, -0.25) is 0 Å². The molecule has 2 nitrogen and oxygen atoms in total. The van der Waals surface area contributed by atoms with E-state index < -0.39 is 16.6 Å². The standard InChI is InChI=1S/C22H42O2Si2/c1-7-17-25(18-8-2,23-11-5)21-13-15-22(16-14-21)26(19-9-3,20-10-4)24-12-6/h13-16H,7-12,17-20H2,1-6H3. The predicted octanol–water partition coefficient (Wildman–Crippen LogP) is 5.70. The molecule has 1 aromatic rings. The maximum Gasteiger partial charge on any atom is 0.224 e. The van der Waals surface area contributed by atoms with Crippen LogP contribution in [-0.4, -0.2) is 29.8 Å². The van der Waals surface area contributed by atoms with Gasteiger partial charge in [0, 0.05) is 13.2 Å². The fourth-order valence-corrected chi connectivity index (χ4v) is 13.0. The zero-order valence-electron chi connectivity index (χ0n) is 18.2. The number of rotatable bonds is 14. The third kappa shape index (κ3) is 5.78. The molecule has 0 aliphatic carbocycles. The smallest absolute Gasteiger partial charge is 0.224 e. The zero-order valence-corrected chi connectivity index (χ0v) is 20.2. The molecule has 0 fully saturated rings. The van der Waals surface area contributed by atoms with Crippen LogP contribution < -0.4 is 10.4 Å². The minimum Gasteiger partial charge on any atom is -0.413 e. The molecule has 0 unspecified atom stereocenters. The van der Waals surface area contributed by atoms with Crippen LogP contribution in [-0.2, 0) is 8.85 Å². The highest BCUT2D eigenvalue weighted by Gasteiger charge is 2.38. The first-order chi connectivity index (χ1) is 12.6. The van der Waals surface area contributed by atoms with Crippen molar-refractivity contribution in [3.05, 3.63) is 24.3 Å². The Morgan fingerprint density at radius 2 is 0.808 bits per heavy atom. The van der Waals surface area contributed by atoms with Crippen LogP contribution in [0, 0.1) is 0 Å². The lowest BCUT2D eigenvalue weighted by atomic mass is 10.4. The molecule has 0 aromatic heterocycles. The lowest BCUT2D eigenvalue weighted by Gasteiger charge is -2.34. The van der Waals surface area contributed by atoms with Gasteiger partial charge in [-0.15, -0.1) is 0 Å². The van der Waals surface area contributed by atoms with Gasteiger partial charge in [0.25, 0.3) is 0 Å². The number of hydrogen-bond donors (Lipinski definition) is 0. The monoisotopic (exact) mass is 394 g/mol. The zero-order chi connectivity index (χ0) is 19.5. The Morgan fingerprint density at radius 1 is 0.538 bits per heavy atom. The van der Waals surface area contributed by atoms with Crippen LogP contribution in [0.15, 0.2) is 24.3 Å². The van der Waals surface area contributed by atoms with Crippen molar-refractivity contribution in [2.75, 3.05) is 13.2 Å². The van der Waals surface area contributed by atoms with E-state index in [1.54, 1.807) is 0 Å². The molecule has 0 saturated heterocycles. The van der Waals surface area contributed by atoms with E-state index in [1.165, 1.54) is 60.2 Å². The maximum atomic E-state index is 6.48. The Balaban J connectivity index is 3.27. The summed E-state index contributed by atoms with van der Waals surface area (Å²) in [5, 5.41) is 2.97. The topological polar surface area (TPSA) is 18.5 Å². The summed E-state index contributed by atoms with van der Waals surface area (Å²) in [4.78, 5) is 0. The highest BCUT2D eigenvalue weighted by atomic mass is 28.4. The van der Waals surface area contributed by atoms with Gasteiger partial charge in [-0.05, 0) is 48.4 Å². The molecule has 0 aliphatic rings. The lowest BCUT2D eigenvalue weighted by Crippen LogP contribution is -2.53. The SMILES string of the molecule is CCC[Si](CCC)(OCC)c1ccc([Si](CCC)(CCC)OCC)cc1. The average Bonchev–Trinajstić information content (AvgIpc) is 2.63. The van der Waals surface area contributed by atoms with E-state index in [9.17, 15) is 0 Å². The molecule has 0 aliphatic heterocycles. The number of hydrogen-bond acceptors (Lipinski definition) is 2. The molecule has 0 spiro atoms. The molecule has 0 N–H and O–H groups in total. The molecule has 4 heteroatoms. The molecule has 0 heterocycles. The summed E-state index contributed by atoms with van der Waals surface area (Å²) in [7, 11) is -3.67. The van der Waals surface area contributed by atoms with Crippen LogP contribution in [0.2, 0.25) is 24.2 Å². The lowest BCUT2D eigenvalue weighted by molar-refractivity contribution is 0.326. The van der Waals surface area contributed by atoms with Gasteiger partial charge < -0.3 is 8.85 Å². The Morgan fingerprint density at radius 3 is 1.00 bits per heavy atom. The Bertz CT molecular complexity index is 408. The normalized spacial score (nSPS) is 12.5. The second-order valence-corrected chi connectivity index (χ2v) is 15.1. The van der Waals surface area contributed by atoms with Gasteiger partial charge >= 0.3 is 0 Å². The summed E-state index contributed by atoms with van der Waals surface area (Å²) in [6, 6.07) is 14.5. The van der Waals surface area contributed by atoms with Crippen molar-refractivity contribution in [2.45, 2.75) is 91.4 Å². The van der Waals surface area contributed by atoms with Crippen molar-refractivity contribution in [2.24, 2.45) is 0 Å². The third-order valence-corrected chi connectivity index (χ3v) is 15.1. The summed E-state index contributed by atoms with van der Waals surface area (Å²) in [5.74, 6) is 0. The van der Waals surface area contributed by atoms with Crippen molar-refractivity contribution < 1.29 is 8.85 Å². The molecule has 1 rings (SSSR count). The van der Waals surface area contributed by atoms with Gasteiger partial charge in [-0.25, -0.2) is 0 Å². The van der Waals surface area contributed by atoms with Gasteiger partial charge in [0.05, 0.1) is 0 Å². The van der Waals surface area contributed by atoms with Crippen LogP contribution in [0.4, 0.5) is 0 Å². The van der Waals surface area contributed by atoms with E-state index in [2.05, 4.69) is 65.8 Å². The van der Waals surface area contributed by atoms with Crippen molar-refractivity contribution in [1.82, 2.24) is 0 Å². The maximum absolute atomic E-state index is 6.48. The Hall–Kier alpha value is -0.426. The van der Waals surface area contributed by atoms with Gasteiger partial charge in [0.1, 0.15) is 0 Å². The summed E-state index contributed by atoms with van der Waals surface area (Å²) >= 11 is 0. The minimum atomic E-state index is -1.83. The van der Waals surface area contributed by atoms with Crippen molar-refractivity contribution >= 4 is 27.0 Å². The molecule has 1 aromatic carbocycles. The summed E-state index contributed by atoms with van der Waals surface area (Å²) in [5.41, 5.74) is 0. The predicted molar refractivity (Wildman–Crippen MR) is 121 cm³/mol. The summed E-state index contributed by atoms with van der Waals surface area (Å²) in [6.45, 7) is 15.1. The van der Waals surface area contributed by atoms with E-state index in [-0.39, 0.29) is 0 Å². The van der Waals surface area contributed by atoms with Crippen LogP contribution in [0.5, 0.6) is 0 Å². The van der Waals surface area contributed by atoms with E-state index in [4.69, 9.17) is 8.85 Å². The minimum absolute atomic E-state index is 0.831. The van der Waals surface area contributed by atoms with E-state index in [0.29, 0.717) is 0 Å². The molecule has 26 heavy (non-hydrogen) atoms. The van der Waals surface area contributed by atoms with Crippen LogP contribution >= 0.6 is 0 Å². The van der Waals surface area contributed by atoms with E-state index in [0.717, 1.165) is 13.2 Å². The van der Waals surface area contributed by atoms with Crippen molar-refractivity contribution in [3.63, 3.8) is 0 Å². The fourth-order valence-electron chi connectivity index (χ4n) is 4.53. The fraction of sp³-hybridized carbons (Fsp3) is 0.727. The summed E-state index contributed by atoms with van der Waals surface area (Å²) in [6.07, 6.45) is 4.82. The molecule has 0 radical (unpaired) electrons. The molecular formula is C22H42O2Si2. The van der Waals surface area contributed by atoms with Crippen molar-refractivity contribution in [3.8, 4) is 0 Å². The van der Waals surface area contributed by atoms with Crippen LogP contribution in [0.25, 0.3) is 0 Å². The highest BCUT2D eigenvalue weighted by Crippen LogP contribution is 2.24. The van der Waals surface area contributed by atoms with Crippen molar-refractivity contribution in [1.29, 1.82) is 0 Å². The molecular weight excluding hydrogens is 352 g/mol. The van der Waals surface area contributed by atoms with E-state index in [1.807, 2.05) is 0 Å². The molecule has 0 saturated carbocycles. The second-order valence-electron chi connectivity index (χ2n) is 7.43. The van der Waals surface area contributed by atoms with Gasteiger partial charge in [0.2, 0.25) is 16.6 Å². The van der Waals surface area contributed by atoms with Gasteiger partial charge in [-0.2, -0.15) is 0 Å². The first kappa shape index (κ1) is 23.6. The second kappa shape index (κ2) is 12.1. The third-order valence-electron chi connectivity index (χ3n) is 5.39. The van der Waals surface area contributed by atoms with Gasteiger partial charge in [-0.1, -0.05) is 77.6 Å². The quantitative estimate of drug-likeness (QED) is 0.377. The first-order valence-electron chi connectivity index (χ1n) is 11.0. The van der Waals surface area contributed by atoms with Gasteiger partial charge in [0.15, 0.2) is 0 Å². The first-order valence-corrected chi connectivity index (χ1v) is 15.6. The largest absolute Gasteiger partial charge is 0.413 e. The molecule has 0 bridgehead atoms. The Kier molecular flexibility index (Phi) is 11.0. The molecule has 0 amide bonds.